The molecular formula is C19H20N4O. The van der Waals surface area contributed by atoms with Gasteiger partial charge in [0.05, 0.1) is 17.2 Å². The summed E-state index contributed by atoms with van der Waals surface area (Å²) >= 11 is 0. The third-order valence-electron chi connectivity index (χ3n) is 4.27. The van der Waals surface area contributed by atoms with Crippen molar-refractivity contribution in [1.82, 2.24) is 14.8 Å². The first-order chi connectivity index (χ1) is 11.8. The maximum atomic E-state index is 12.5. The number of amides is 1. The lowest BCUT2D eigenvalue weighted by molar-refractivity contribution is 0.0760. The lowest BCUT2D eigenvalue weighted by Gasteiger charge is -2.22. The average Bonchev–Trinajstić information content (AvgIpc) is 2.88. The Morgan fingerprint density at radius 1 is 1.12 bits per heavy atom. The van der Waals surface area contributed by atoms with E-state index in [-0.39, 0.29) is 5.91 Å². The molecule has 1 saturated heterocycles. The maximum absolute atomic E-state index is 12.5. The van der Waals surface area contributed by atoms with Gasteiger partial charge in [-0.3, -0.25) is 14.7 Å². The molecular weight excluding hydrogens is 300 g/mol. The highest BCUT2D eigenvalue weighted by Crippen LogP contribution is 2.12. The number of benzene rings is 1. The predicted octanol–water partition coefficient (Wildman–Crippen LogP) is 2.30. The highest BCUT2D eigenvalue weighted by Gasteiger charge is 2.20. The first-order valence-electron chi connectivity index (χ1n) is 8.17. The van der Waals surface area contributed by atoms with E-state index in [0.29, 0.717) is 11.1 Å². The molecule has 0 unspecified atom stereocenters. The fraction of sp³-hybridized carbons (Fsp3) is 0.316. The van der Waals surface area contributed by atoms with E-state index in [2.05, 4.69) is 16.0 Å². The summed E-state index contributed by atoms with van der Waals surface area (Å²) in [5.41, 5.74) is 2.53. The number of rotatable bonds is 3. The first kappa shape index (κ1) is 16.2. The van der Waals surface area contributed by atoms with Crippen molar-refractivity contribution in [3.05, 3.63) is 65.5 Å². The van der Waals surface area contributed by atoms with Crippen LogP contribution in [0.25, 0.3) is 0 Å². The summed E-state index contributed by atoms with van der Waals surface area (Å²) in [6.07, 6.45) is 4.27. The molecule has 0 N–H and O–H groups in total. The van der Waals surface area contributed by atoms with Crippen LogP contribution < -0.4 is 0 Å². The number of nitriles is 1. The summed E-state index contributed by atoms with van der Waals surface area (Å²) in [5.74, 6) is 0.0586. The van der Waals surface area contributed by atoms with E-state index in [1.54, 1.807) is 18.5 Å². The van der Waals surface area contributed by atoms with Gasteiger partial charge >= 0.3 is 0 Å². The molecule has 2 aromatic rings. The summed E-state index contributed by atoms with van der Waals surface area (Å²) in [6.45, 7) is 4.17. The lowest BCUT2D eigenvalue weighted by atomic mass is 10.1. The highest BCUT2D eigenvalue weighted by molar-refractivity contribution is 5.93. The van der Waals surface area contributed by atoms with Gasteiger partial charge in [-0.1, -0.05) is 12.1 Å². The molecule has 5 nitrogen and oxygen atoms in total. The van der Waals surface area contributed by atoms with Crippen molar-refractivity contribution < 1.29 is 4.79 Å². The van der Waals surface area contributed by atoms with E-state index in [4.69, 9.17) is 5.26 Å². The van der Waals surface area contributed by atoms with Crippen LogP contribution in [0.5, 0.6) is 0 Å². The van der Waals surface area contributed by atoms with Gasteiger partial charge in [0.15, 0.2) is 0 Å². The molecule has 122 valence electrons. The zero-order valence-corrected chi connectivity index (χ0v) is 13.6. The average molecular weight is 320 g/mol. The van der Waals surface area contributed by atoms with Crippen molar-refractivity contribution in [3.63, 3.8) is 0 Å². The molecule has 5 heteroatoms. The molecule has 2 heterocycles. The fourth-order valence-corrected chi connectivity index (χ4v) is 2.95. The van der Waals surface area contributed by atoms with E-state index in [0.717, 1.165) is 39.1 Å². The Hall–Kier alpha value is -2.71. The van der Waals surface area contributed by atoms with E-state index in [1.807, 2.05) is 35.2 Å². The van der Waals surface area contributed by atoms with Crippen LogP contribution in [0.15, 0.2) is 48.8 Å². The van der Waals surface area contributed by atoms with Crippen LogP contribution in [0.2, 0.25) is 0 Å². The summed E-state index contributed by atoms with van der Waals surface area (Å²) in [6, 6.07) is 13.5. The first-order valence-corrected chi connectivity index (χ1v) is 8.17. The summed E-state index contributed by atoms with van der Waals surface area (Å²) in [7, 11) is 0. The molecule has 0 spiro atoms. The smallest absolute Gasteiger partial charge is 0.255 e. The molecule has 1 fully saturated rings. The van der Waals surface area contributed by atoms with Gasteiger partial charge in [-0.05, 0) is 36.2 Å². The maximum Gasteiger partial charge on any atom is 0.255 e. The van der Waals surface area contributed by atoms with Crippen LogP contribution in [-0.2, 0) is 6.54 Å². The largest absolute Gasteiger partial charge is 0.337 e. The van der Waals surface area contributed by atoms with Crippen LogP contribution >= 0.6 is 0 Å². The van der Waals surface area contributed by atoms with Crippen molar-refractivity contribution in [2.45, 2.75) is 13.0 Å². The van der Waals surface area contributed by atoms with Crippen LogP contribution in [0, 0.1) is 11.3 Å². The summed E-state index contributed by atoms with van der Waals surface area (Å²) < 4.78 is 0. The zero-order chi connectivity index (χ0) is 16.8. The van der Waals surface area contributed by atoms with Crippen molar-refractivity contribution in [2.75, 3.05) is 26.2 Å². The molecule has 0 bridgehead atoms. The number of nitrogens with zero attached hydrogens (tertiary/aromatic N) is 4. The minimum Gasteiger partial charge on any atom is -0.337 e. The van der Waals surface area contributed by atoms with Gasteiger partial charge < -0.3 is 4.90 Å². The van der Waals surface area contributed by atoms with Crippen LogP contribution in [0.3, 0.4) is 0 Å². The predicted molar refractivity (Wildman–Crippen MR) is 91.2 cm³/mol. The Morgan fingerprint density at radius 3 is 2.67 bits per heavy atom. The third-order valence-corrected chi connectivity index (χ3v) is 4.27. The Kier molecular flexibility index (Phi) is 5.19. The van der Waals surface area contributed by atoms with E-state index < -0.39 is 0 Å². The highest BCUT2D eigenvalue weighted by atomic mass is 16.2. The Balaban J connectivity index is 1.58. The Morgan fingerprint density at radius 2 is 1.96 bits per heavy atom. The molecule has 1 aromatic carbocycles. The second-order valence-corrected chi connectivity index (χ2v) is 5.97. The van der Waals surface area contributed by atoms with Gasteiger partial charge in [0.2, 0.25) is 0 Å². The Labute approximate surface area is 142 Å². The monoisotopic (exact) mass is 320 g/mol. The van der Waals surface area contributed by atoms with E-state index in [9.17, 15) is 4.79 Å². The van der Waals surface area contributed by atoms with Crippen molar-refractivity contribution in [2.24, 2.45) is 0 Å². The molecule has 0 atom stereocenters. The third kappa shape index (κ3) is 3.98. The molecule has 0 radical (unpaired) electrons. The van der Waals surface area contributed by atoms with Crippen molar-refractivity contribution in [3.8, 4) is 6.07 Å². The van der Waals surface area contributed by atoms with Crippen molar-refractivity contribution in [1.29, 1.82) is 5.26 Å². The molecule has 1 aliphatic heterocycles. The molecule has 0 saturated carbocycles. The number of hydrogen-bond donors (Lipinski definition) is 0. The number of aromatic nitrogens is 1. The van der Waals surface area contributed by atoms with Gasteiger partial charge in [-0.15, -0.1) is 0 Å². The SMILES string of the molecule is N#Cc1ccc(CN2CCCN(C(=O)c3cccnc3)CC2)cc1. The van der Waals surface area contributed by atoms with Gasteiger partial charge in [0.1, 0.15) is 0 Å². The Bertz CT molecular complexity index is 721. The van der Waals surface area contributed by atoms with E-state index in [1.165, 1.54) is 5.56 Å². The zero-order valence-electron chi connectivity index (χ0n) is 13.6. The van der Waals surface area contributed by atoms with Crippen LogP contribution in [-0.4, -0.2) is 46.9 Å². The van der Waals surface area contributed by atoms with Crippen LogP contribution in [0.4, 0.5) is 0 Å². The standard InChI is InChI=1S/C19H20N4O/c20-13-16-4-6-17(7-5-16)15-22-9-2-10-23(12-11-22)19(24)18-3-1-8-21-14-18/h1,3-8,14H,2,9-12,15H2. The minimum absolute atomic E-state index is 0.0586. The molecule has 1 amide bonds. The normalized spacial score (nSPS) is 15.5. The van der Waals surface area contributed by atoms with Crippen LogP contribution in [0.1, 0.15) is 27.9 Å². The topological polar surface area (TPSA) is 60.2 Å². The number of hydrogen-bond acceptors (Lipinski definition) is 4. The summed E-state index contributed by atoms with van der Waals surface area (Å²) in [4.78, 5) is 20.8. The van der Waals surface area contributed by atoms with Gasteiger partial charge in [-0.25, -0.2) is 0 Å². The quantitative estimate of drug-likeness (QED) is 0.870. The minimum atomic E-state index is 0.0586. The number of pyridine rings is 1. The van der Waals surface area contributed by atoms with Gasteiger partial charge in [0, 0.05) is 45.1 Å². The van der Waals surface area contributed by atoms with E-state index >= 15 is 0 Å². The summed E-state index contributed by atoms with van der Waals surface area (Å²) in [5, 5.41) is 8.86. The fourth-order valence-electron chi connectivity index (χ4n) is 2.95. The number of carbonyl (C=O) groups excluding carboxylic acids is 1. The molecule has 3 rings (SSSR count). The van der Waals surface area contributed by atoms with Gasteiger partial charge in [-0.2, -0.15) is 5.26 Å². The second kappa shape index (κ2) is 7.71. The lowest BCUT2D eigenvalue weighted by Crippen LogP contribution is -2.35. The molecule has 24 heavy (non-hydrogen) atoms. The molecule has 0 aliphatic carbocycles. The van der Waals surface area contributed by atoms with Gasteiger partial charge in [0.25, 0.3) is 5.91 Å². The molecule has 1 aliphatic rings. The van der Waals surface area contributed by atoms with Crippen molar-refractivity contribution >= 4 is 5.91 Å². The second-order valence-electron chi connectivity index (χ2n) is 5.97. The molecule has 1 aromatic heterocycles. The number of carbonyl (C=O) groups is 1.